The zero-order chi connectivity index (χ0) is 15.5. The Bertz CT molecular complexity index is 579. The van der Waals surface area contributed by atoms with Crippen molar-refractivity contribution in [2.24, 2.45) is 0 Å². The van der Waals surface area contributed by atoms with Crippen LogP contribution in [0.1, 0.15) is 24.0 Å². The third kappa shape index (κ3) is 4.43. The lowest BCUT2D eigenvalue weighted by Gasteiger charge is -2.30. The van der Waals surface area contributed by atoms with E-state index in [0.717, 1.165) is 30.7 Å². The Labute approximate surface area is 127 Å². The third-order valence-corrected chi connectivity index (χ3v) is 5.28. The van der Waals surface area contributed by atoms with E-state index in [2.05, 4.69) is 17.4 Å². The molecule has 1 aliphatic rings. The molecule has 1 aromatic rings. The highest BCUT2D eigenvalue weighted by atomic mass is 32.2. The number of methoxy groups -OCH3 is 1. The Morgan fingerprint density at radius 1 is 1.33 bits per heavy atom. The number of nitrogens with zero attached hydrogens (tertiary/aromatic N) is 1. The summed E-state index contributed by atoms with van der Waals surface area (Å²) in [4.78, 5) is 0. The van der Waals surface area contributed by atoms with Crippen LogP contribution in [-0.4, -0.2) is 45.2 Å². The summed E-state index contributed by atoms with van der Waals surface area (Å²) in [5.74, 6) is 0.903. The van der Waals surface area contributed by atoms with Crippen LogP contribution in [0.5, 0.6) is 5.75 Å². The van der Waals surface area contributed by atoms with Crippen LogP contribution in [0.2, 0.25) is 0 Å². The first-order valence-electron chi connectivity index (χ1n) is 7.22. The molecule has 1 fully saturated rings. The molecule has 1 aliphatic heterocycles. The summed E-state index contributed by atoms with van der Waals surface area (Å²) < 4.78 is 29.7. The zero-order valence-corrected chi connectivity index (χ0v) is 13.7. The van der Waals surface area contributed by atoms with Gasteiger partial charge in [-0.15, -0.1) is 0 Å². The van der Waals surface area contributed by atoms with Crippen LogP contribution in [0.4, 0.5) is 0 Å². The average Bonchev–Trinajstić information content (AvgIpc) is 2.45. The van der Waals surface area contributed by atoms with Crippen molar-refractivity contribution < 1.29 is 13.2 Å². The predicted octanol–water partition coefficient (Wildman–Crippen LogP) is 1.52. The van der Waals surface area contributed by atoms with E-state index in [9.17, 15) is 8.42 Å². The van der Waals surface area contributed by atoms with Crippen LogP contribution >= 0.6 is 0 Å². The number of hydrogen-bond donors (Lipinski definition) is 1. The molecular formula is C15H24N2O3S. The van der Waals surface area contributed by atoms with Crippen molar-refractivity contribution in [1.29, 1.82) is 0 Å². The summed E-state index contributed by atoms with van der Waals surface area (Å²) in [7, 11) is -1.36. The number of benzene rings is 1. The zero-order valence-electron chi connectivity index (χ0n) is 12.9. The van der Waals surface area contributed by atoms with Crippen molar-refractivity contribution in [2.75, 3.05) is 26.5 Å². The Kier molecular flexibility index (Phi) is 5.24. The van der Waals surface area contributed by atoms with Gasteiger partial charge in [-0.2, -0.15) is 0 Å². The summed E-state index contributed by atoms with van der Waals surface area (Å²) in [6.07, 6.45) is 3.01. The molecule has 6 heteroatoms. The van der Waals surface area contributed by atoms with Crippen LogP contribution in [0.15, 0.2) is 18.2 Å². The maximum absolute atomic E-state index is 11.5. The van der Waals surface area contributed by atoms with Crippen molar-refractivity contribution in [3.8, 4) is 5.75 Å². The highest BCUT2D eigenvalue weighted by Gasteiger charge is 2.24. The molecule has 1 aromatic carbocycles. The molecule has 118 valence electrons. The Hall–Kier alpha value is -1.11. The molecule has 0 radical (unpaired) electrons. The van der Waals surface area contributed by atoms with Gasteiger partial charge in [0.15, 0.2) is 0 Å². The summed E-state index contributed by atoms with van der Waals surface area (Å²) in [6, 6.07) is 6.55. The molecule has 0 atom stereocenters. The van der Waals surface area contributed by atoms with Crippen molar-refractivity contribution in [3.63, 3.8) is 0 Å². The molecule has 0 saturated carbocycles. The quantitative estimate of drug-likeness (QED) is 0.895. The second kappa shape index (κ2) is 6.77. The van der Waals surface area contributed by atoms with Crippen LogP contribution in [0.25, 0.3) is 0 Å². The van der Waals surface area contributed by atoms with Crippen LogP contribution in [0.3, 0.4) is 0 Å². The van der Waals surface area contributed by atoms with Gasteiger partial charge in [-0.25, -0.2) is 12.7 Å². The number of piperidine rings is 1. The molecule has 0 bridgehead atoms. The highest BCUT2D eigenvalue weighted by Crippen LogP contribution is 2.19. The number of sulfonamides is 1. The van der Waals surface area contributed by atoms with Crippen molar-refractivity contribution in [3.05, 3.63) is 29.3 Å². The first-order valence-corrected chi connectivity index (χ1v) is 9.07. The largest absolute Gasteiger partial charge is 0.496 e. The summed E-state index contributed by atoms with van der Waals surface area (Å²) >= 11 is 0. The number of rotatable bonds is 5. The minimum atomic E-state index is -3.04. The van der Waals surface area contributed by atoms with Crippen molar-refractivity contribution in [1.82, 2.24) is 9.62 Å². The molecule has 5 nitrogen and oxygen atoms in total. The van der Waals surface area contributed by atoms with Gasteiger partial charge in [-0.05, 0) is 37.0 Å². The molecule has 0 aromatic heterocycles. The molecule has 1 saturated heterocycles. The second-order valence-electron chi connectivity index (χ2n) is 5.62. The van der Waals surface area contributed by atoms with Gasteiger partial charge in [0.2, 0.25) is 10.0 Å². The average molecular weight is 312 g/mol. The summed E-state index contributed by atoms with van der Waals surface area (Å²) in [5.41, 5.74) is 2.35. The second-order valence-corrected chi connectivity index (χ2v) is 7.60. The molecule has 21 heavy (non-hydrogen) atoms. The van der Waals surface area contributed by atoms with Gasteiger partial charge in [0, 0.05) is 25.7 Å². The van der Waals surface area contributed by atoms with Crippen LogP contribution in [-0.2, 0) is 16.6 Å². The molecule has 0 amide bonds. The van der Waals surface area contributed by atoms with Gasteiger partial charge in [-0.1, -0.05) is 12.1 Å². The summed E-state index contributed by atoms with van der Waals surface area (Å²) in [6.45, 7) is 4.05. The maximum Gasteiger partial charge on any atom is 0.211 e. The lowest BCUT2D eigenvalue weighted by atomic mass is 10.1. The Balaban J connectivity index is 1.84. The minimum Gasteiger partial charge on any atom is -0.496 e. The molecular weight excluding hydrogens is 288 g/mol. The smallest absolute Gasteiger partial charge is 0.211 e. The predicted molar refractivity (Wildman–Crippen MR) is 84.0 cm³/mol. The minimum absolute atomic E-state index is 0.380. The first kappa shape index (κ1) is 16.3. The van der Waals surface area contributed by atoms with Gasteiger partial charge in [0.25, 0.3) is 0 Å². The fraction of sp³-hybridized carbons (Fsp3) is 0.600. The van der Waals surface area contributed by atoms with E-state index in [1.54, 1.807) is 11.4 Å². The SMILES string of the molecule is COc1ccc(CNC2CCN(S(C)(=O)=O)CC2)cc1C. The monoisotopic (exact) mass is 312 g/mol. The van der Waals surface area contributed by atoms with Gasteiger partial charge in [0.05, 0.1) is 13.4 Å². The van der Waals surface area contributed by atoms with Gasteiger partial charge in [0.1, 0.15) is 5.75 Å². The number of ether oxygens (including phenoxy) is 1. The molecule has 2 rings (SSSR count). The topological polar surface area (TPSA) is 58.6 Å². The number of aryl methyl sites for hydroxylation is 1. The lowest BCUT2D eigenvalue weighted by Crippen LogP contribution is -2.44. The highest BCUT2D eigenvalue weighted by molar-refractivity contribution is 7.88. The molecule has 0 unspecified atom stereocenters. The Morgan fingerprint density at radius 2 is 2.00 bits per heavy atom. The third-order valence-electron chi connectivity index (χ3n) is 3.98. The molecule has 0 spiro atoms. The van der Waals surface area contributed by atoms with E-state index < -0.39 is 10.0 Å². The summed E-state index contributed by atoms with van der Waals surface area (Å²) in [5, 5.41) is 3.51. The number of hydrogen-bond acceptors (Lipinski definition) is 4. The maximum atomic E-state index is 11.5. The van der Waals surface area contributed by atoms with E-state index in [1.807, 2.05) is 13.0 Å². The number of nitrogens with one attached hydrogen (secondary N) is 1. The first-order chi connectivity index (χ1) is 9.90. The molecule has 1 N–H and O–H groups in total. The van der Waals surface area contributed by atoms with Crippen molar-refractivity contribution in [2.45, 2.75) is 32.4 Å². The van der Waals surface area contributed by atoms with E-state index >= 15 is 0 Å². The van der Waals surface area contributed by atoms with Crippen molar-refractivity contribution >= 4 is 10.0 Å². The van der Waals surface area contributed by atoms with E-state index in [0.29, 0.717) is 19.1 Å². The van der Waals surface area contributed by atoms with E-state index in [4.69, 9.17) is 4.74 Å². The van der Waals surface area contributed by atoms with E-state index in [-0.39, 0.29) is 0 Å². The van der Waals surface area contributed by atoms with Crippen LogP contribution < -0.4 is 10.1 Å². The standard InChI is InChI=1S/C15H24N2O3S/c1-12-10-13(4-5-15(12)20-2)11-16-14-6-8-17(9-7-14)21(3,18)19/h4-5,10,14,16H,6-9,11H2,1-3H3. The Morgan fingerprint density at radius 3 is 2.52 bits per heavy atom. The molecule has 1 heterocycles. The molecule has 0 aliphatic carbocycles. The normalized spacial score (nSPS) is 17.9. The van der Waals surface area contributed by atoms with Gasteiger partial charge >= 0.3 is 0 Å². The van der Waals surface area contributed by atoms with Gasteiger partial charge < -0.3 is 10.1 Å². The van der Waals surface area contributed by atoms with E-state index in [1.165, 1.54) is 11.8 Å². The fourth-order valence-electron chi connectivity index (χ4n) is 2.70. The van der Waals surface area contributed by atoms with Gasteiger partial charge in [-0.3, -0.25) is 0 Å². The van der Waals surface area contributed by atoms with Crippen LogP contribution in [0, 0.1) is 6.92 Å². The lowest BCUT2D eigenvalue weighted by molar-refractivity contribution is 0.290. The fourth-order valence-corrected chi connectivity index (χ4v) is 3.58.